The topological polar surface area (TPSA) is 40.6 Å². The van der Waals surface area contributed by atoms with Crippen LogP contribution in [0.25, 0.3) is 0 Å². The van der Waals surface area contributed by atoms with E-state index in [2.05, 4.69) is 82.7 Å². The smallest absolute Gasteiger partial charge is 0.172 e. The quantitative estimate of drug-likeness (QED) is 0.444. The average molecular weight is 559 g/mol. The van der Waals surface area contributed by atoms with Gasteiger partial charge in [-0.2, -0.15) is 0 Å². The van der Waals surface area contributed by atoms with Gasteiger partial charge in [-0.25, -0.2) is 0 Å². The van der Waals surface area contributed by atoms with Gasteiger partial charge >= 0.3 is 0 Å². The molecule has 3 saturated heterocycles. The highest BCUT2D eigenvalue weighted by Crippen LogP contribution is 2.71. The first-order chi connectivity index (χ1) is 20.2. The van der Waals surface area contributed by atoms with Crippen LogP contribution in [0.2, 0.25) is 0 Å². The lowest BCUT2D eigenvalue weighted by atomic mass is 9.57. The van der Waals surface area contributed by atoms with Crippen molar-refractivity contribution >= 4 is 29.0 Å². The lowest BCUT2D eigenvalue weighted by molar-refractivity contribution is -0.131. The van der Waals surface area contributed by atoms with E-state index in [0.29, 0.717) is 6.42 Å². The van der Waals surface area contributed by atoms with Crippen LogP contribution in [0, 0.1) is 17.3 Å². The van der Waals surface area contributed by atoms with Gasteiger partial charge in [-0.3, -0.25) is 14.5 Å². The lowest BCUT2D eigenvalue weighted by Crippen LogP contribution is -2.61. The van der Waals surface area contributed by atoms with Gasteiger partial charge in [0.25, 0.3) is 0 Å². The van der Waals surface area contributed by atoms with Crippen molar-refractivity contribution in [2.45, 2.75) is 43.2 Å². The number of hydrogen-bond acceptors (Lipinski definition) is 5. The van der Waals surface area contributed by atoms with Crippen molar-refractivity contribution in [2.75, 3.05) is 29.6 Å². The Morgan fingerprint density at radius 2 is 1.73 bits per heavy atom. The fraction of sp³-hybridized carbons (Fsp3) is 0.389. The van der Waals surface area contributed by atoms with E-state index >= 15 is 9.59 Å². The molecule has 6 atom stereocenters. The fourth-order valence-electron chi connectivity index (χ4n) is 9.86. The van der Waals surface area contributed by atoms with E-state index in [9.17, 15) is 0 Å². The van der Waals surface area contributed by atoms with Gasteiger partial charge in [0.15, 0.2) is 11.6 Å². The molecule has 2 spiro atoms. The maximum atomic E-state index is 15.2. The van der Waals surface area contributed by atoms with Crippen LogP contribution < -0.4 is 4.90 Å². The van der Waals surface area contributed by atoms with E-state index < -0.39 is 11.0 Å². The molecule has 4 aliphatic carbocycles. The number of hydrogen-bond donors (Lipinski definition) is 0. The maximum Gasteiger partial charge on any atom is 0.172 e. The number of fused-ring (bicyclic) bond motifs is 5. The normalized spacial score (nSPS) is 36.6. The van der Waals surface area contributed by atoms with Crippen LogP contribution >= 0.6 is 11.8 Å². The van der Waals surface area contributed by atoms with Gasteiger partial charge in [0.05, 0.1) is 5.41 Å². The Kier molecular flexibility index (Phi) is 5.18. The number of thioether (sulfide) groups is 1. The first-order valence-corrected chi connectivity index (χ1v) is 16.5. The van der Waals surface area contributed by atoms with E-state index in [0.717, 1.165) is 41.4 Å². The predicted molar refractivity (Wildman–Crippen MR) is 164 cm³/mol. The molecule has 41 heavy (non-hydrogen) atoms. The molecule has 0 bridgehead atoms. The summed E-state index contributed by atoms with van der Waals surface area (Å²) in [6.07, 6.45) is 17.2. The summed E-state index contributed by atoms with van der Waals surface area (Å²) in [5.41, 5.74) is 4.96. The van der Waals surface area contributed by atoms with Crippen LogP contribution in [-0.2, 0) is 11.2 Å². The number of carbonyl (C=O) groups excluding carboxylic acids is 2. The number of anilines is 1. The second kappa shape index (κ2) is 8.68. The van der Waals surface area contributed by atoms with Crippen molar-refractivity contribution in [2.24, 2.45) is 17.3 Å². The number of Topliss-reactive ketones (excluding diaryl/α,β-unsaturated/α-hetero) is 2. The maximum absolute atomic E-state index is 15.2. The number of ketones is 2. The third-order valence-corrected chi connectivity index (χ3v) is 12.4. The Bertz CT molecular complexity index is 1610. The minimum absolute atomic E-state index is 0.0253. The Hall–Kier alpha value is -3.15. The summed E-state index contributed by atoms with van der Waals surface area (Å²) < 4.78 is 0. The summed E-state index contributed by atoms with van der Waals surface area (Å²) >= 11 is 1.92. The number of piperidine rings is 1. The monoisotopic (exact) mass is 558 g/mol. The van der Waals surface area contributed by atoms with Crippen molar-refractivity contribution in [1.82, 2.24) is 4.90 Å². The van der Waals surface area contributed by atoms with Crippen LogP contribution in [0.1, 0.15) is 46.7 Å². The Morgan fingerprint density at radius 3 is 2.56 bits per heavy atom. The highest BCUT2D eigenvalue weighted by atomic mass is 32.2. The van der Waals surface area contributed by atoms with E-state index in [1.807, 2.05) is 23.9 Å². The van der Waals surface area contributed by atoms with Crippen molar-refractivity contribution in [3.63, 3.8) is 0 Å². The van der Waals surface area contributed by atoms with Gasteiger partial charge in [0, 0.05) is 59.8 Å². The number of carbonyl (C=O) groups is 2. The van der Waals surface area contributed by atoms with E-state index in [4.69, 9.17) is 0 Å². The number of nitrogens with zero attached hydrogens (tertiary/aromatic N) is 2. The van der Waals surface area contributed by atoms with Crippen molar-refractivity contribution in [1.29, 1.82) is 0 Å². The zero-order chi connectivity index (χ0) is 27.3. The van der Waals surface area contributed by atoms with Gasteiger partial charge < -0.3 is 4.90 Å². The van der Waals surface area contributed by atoms with Gasteiger partial charge in [-0.1, -0.05) is 72.9 Å². The first-order valence-electron chi connectivity index (χ1n) is 15.3. The zero-order valence-corrected chi connectivity index (χ0v) is 24.0. The second-order valence-electron chi connectivity index (χ2n) is 12.9. The van der Waals surface area contributed by atoms with Crippen LogP contribution in [0.5, 0.6) is 0 Å². The van der Waals surface area contributed by atoms with Crippen LogP contribution in [-0.4, -0.2) is 52.8 Å². The van der Waals surface area contributed by atoms with E-state index in [1.54, 1.807) is 0 Å². The molecule has 0 radical (unpaired) electrons. The highest BCUT2D eigenvalue weighted by molar-refractivity contribution is 7.99. The third-order valence-electron chi connectivity index (χ3n) is 11.3. The summed E-state index contributed by atoms with van der Waals surface area (Å²) in [6.45, 7) is 2.22. The van der Waals surface area contributed by atoms with Gasteiger partial charge in [-0.15, -0.1) is 11.8 Å². The molecule has 0 aromatic heterocycles. The zero-order valence-electron chi connectivity index (χ0n) is 23.2. The molecule has 2 aromatic rings. The molecule has 206 valence electrons. The van der Waals surface area contributed by atoms with Crippen molar-refractivity contribution < 1.29 is 9.59 Å². The molecule has 4 fully saturated rings. The van der Waals surface area contributed by atoms with Crippen LogP contribution in [0.15, 0.2) is 96.1 Å². The van der Waals surface area contributed by atoms with Crippen LogP contribution in [0.4, 0.5) is 5.69 Å². The molecular weight excluding hydrogens is 524 g/mol. The van der Waals surface area contributed by atoms with Crippen molar-refractivity contribution in [3.8, 4) is 0 Å². The van der Waals surface area contributed by atoms with E-state index in [1.165, 1.54) is 36.1 Å². The number of benzene rings is 2. The SMILES string of the molecule is O=C1c2ccccc2CC12C(c1ccc(N3CCCCC3)cc1)C1CSCN1C21C(=O)C2C=CC=C3C=CC=C1C32. The molecule has 0 N–H and O–H groups in total. The molecule has 1 saturated carbocycles. The lowest BCUT2D eigenvalue weighted by Gasteiger charge is -2.46. The highest BCUT2D eigenvalue weighted by Gasteiger charge is 2.80. The van der Waals surface area contributed by atoms with Crippen LogP contribution in [0.3, 0.4) is 0 Å². The minimum atomic E-state index is -0.943. The largest absolute Gasteiger partial charge is 0.372 e. The Balaban J connectivity index is 1.28. The minimum Gasteiger partial charge on any atom is -0.372 e. The molecule has 5 heteroatoms. The molecular formula is C36H34N2O2S. The molecule has 3 heterocycles. The standard InChI is InChI=1S/C36H34N2O2S/c39-33-27-11-3-2-8-25(27)20-35(33)32(24-14-16-26(17-15-24)37-18-4-1-5-19-37)30-21-41-22-38(30)36(35)29-13-7-10-23-9-6-12-28(31(23)29)34(36)40/h2-3,6-17,28,30-32H,1,4-5,18-22H2. The summed E-state index contributed by atoms with van der Waals surface area (Å²) in [5, 5.41) is 0. The Morgan fingerprint density at radius 1 is 0.902 bits per heavy atom. The molecule has 3 aliphatic heterocycles. The molecule has 4 nitrogen and oxygen atoms in total. The predicted octanol–water partition coefficient (Wildman–Crippen LogP) is 6.12. The van der Waals surface area contributed by atoms with Gasteiger partial charge in [-0.05, 0) is 60.1 Å². The second-order valence-corrected chi connectivity index (χ2v) is 13.9. The summed E-state index contributed by atoms with van der Waals surface area (Å²) in [6, 6.07) is 17.4. The van der Waals surface area contributed by atoms with E-state index in [-0.39, 0.29) is 35.4 Å². The number of rotatable bonds is 2. The number of allylic oxidation sites excluding steroid dienone is 7. The third kappa shape index (κ3) is 2.92. The van der Waals surface area contributed by atoms with Crippen molar-refractivity contribution in [3.05, 3.63) is 113 Å². The van der Waals surface area contributed by atoms with Gasteiger partial charge in [0.2, 0.25) is 0 Å². The Labute approximate surface area is 245 Å². The molecule has 2 aromatic carbocycles. The summed E-state index contributed by atoms with van der Waals surface area (Å²) in [7, 11) is 0. The molecule has 7 aliphatic rings. The molecule has 6 unspecified atom stereocenters. The molecule has 0 amide bonds. The summed E-state index contributed by atoms with van der Waals surface area (Å²) in [5.74, 6) is 1.89. The average Bonchev–Trinajstić information content (AvgIpc) is 3.74. The molecule has 9 rings (SSSR count). The van der Waals surface area contributed by atoms with Gasteiger partial charge in [0.1, 0.15) is 5.54 Å². The summed E-state index contributed by atoms with van der Waals surface area (Å²) in [4.78, 5) is 35.3. The first kappa shape index (κ1) is 24.4. The fourth-order valence-corrected chi connectivity index (χ4v) is 11.2.